The largest absolute Gasteiger partial charge is 0.305 e. The molecule has 0 radical (unpaired) electrons. The van der Waals surface area contributed by atoms with Crippen LogP contribution < -0.4 is 10.9 Å². The van der Waals surface area contributed by atoms with E-state index < -0.39 is 0 Å². The molecule has 1 fully saturated rings. The van der Waals surface area contributed by atoms with Gasteiger partial charge in [-0.05, 0) is 24.0 Å². The van der Waals surface area contributed by atoms with Gasteiger partial charge >= 0.3 is 0 Å². The van der Waals surface area contributed by atoms with Crippen molar-refractivity contribution < 1.29 is 4.79 Å². The predicted molar refractivity (Wildman–Crippen MR) is 88.5 cm³/mol. The quantitative estimate of drug-likeness (QED) is 0.910. The summed E-state index contributed by atoms with van der Waals surface area (Å²) in [6.45, 7) is 0. The summed E-state index contributed by atoms with van der Waals surface area (Å²) < 4.78 is 1.26. The van der Waals surface area contributed by atoms with Gasteiger partial charge in [0.25, 0.3) is 11.5 Å². The van der Waals surface area contributed by atoms with Crippen LogP contribution in [0.5, 0.6) is 0 Å². The number of nitrogens with zero attached hydrogens (tertiary/aromatic N) is 2. The molecule has 2 N–H and O–H groups in total. The van der Waals surface area contributed by atoms with E-state index in [1.54, 1.807) is 7.05 Å². The molecular formula is C17H22N4O2. The van der Waals surface area contributed by atoms with Crippen molar-refractivity contribution in [1.29, 1.82) is 0 Å². The summed E-state index contributed by atoms with van der Waals surface area (Å²) in [6.07, 6.45) is 9.54. The molecule has 1 aliphatic carbocycles. The maximum absolute atomic E-state index is 12.0. The SMILES string of the molecule is Cn1[nH]c(C(=O)Nc2ccc(CC3CCCCC3)cn2)cc1=O. The molecular weight excluding hydrogens is 292 g/mol. The Bertz CT molecular complexity index is 724. The number of rotatable bonds is 4. The number of hydrogen-bond acceptors (Lipinski definition) is 3. The van der Waals surface area contributed by atoms with Crippen LogP contribution in [0.15, 0.2) is 29.2 Å². The molecule has 0 atom stereocenters. The molecule has 6 nitrogen and oxygen atoms in total. The van der Waals surface area contributed by atoms with Gasteiger partial charge in [-0.1, -0.05) is 38.2 Å². The van der Waals surface area contributed by atoms with Gasteiger partial charge in [-0.15, -0.1) is 0 Å². The smallest absolute Gasteiger partial charge is 0.274 e. The summed E-state index contributed by atoms with van der Waals surface area (Å²) in [5.41, 5.74) is 1.19. The summed E-state index contributed by atoms with van der Waals surface area (Å²) in [7, 11) is 1.57. The van der Waals surface area contributed by atoms with E-state index in [-0.39, 0.29) is 17.2 Å². The van der Waals surface area contributed by atoms with Gasteiger partial charge in [-0.3, -0.25) is 19.4 Å². The van der Waals surface area contributed by atoms with E-state index >= 15 is 0 Å². The molecule has 6 heteroatoms. The molecule has 0 spiro atoms. The lowest BCUT2D eigenvalue weighted by atomic mass is 9.85. The molecule has 122 valence electrons. The van der Waals surface area contributed by atoms with Crippen molar-refractivity contribution in [1.82, 2.24) is 14.8 Å². The van der Waals surface area contributed by atoms with E-state index in [1.165, 1.54) is 48.4 Å². The van der Waals surface area contributed by atoms with Crippen LogP contribution in [-0.2, 0) is 13.5 Å². The number of anilines is 1. The fourth-order valence-corrected chi connectivity index (χ4v) is 3.13. The Hall–Kier alpha value is -2.37. The summed E-state index contributed by atoms with van der Waals surface area (Å²) in [5, 5.41) is 5.39. The highest BCUT2D eigenvalue weighted by atomic mass is 16.2. The van der Waals surface area contributed by atoms with Gasteiger partial charge < -0.3 is 5.32 Å². The van der Waals surface area contributed by atoms with E-state index in [1.807, 2.05) is 18.3 Å². The van der Waals surface area contributed by atoms with Crippen molar-refractivity contribution in [3.63, 3.8) is 0 Å². The monoisotopic (exact) mass is 314 g/mol. The topological polar surface area (TPSA) is 79.8 Å². The summed E-state index contributed by atoms with van der Waals surface area (Å²) in [5.74, 6) is 0.891. The molecule has 0 saturated heterocycles. The van der Waals surface area contributed by atoms with Crippen molar-refractivity contribution >= 4 is 11.7 Å². The van der Waals surface area contributed by atoms with Crippen molar-refractivity contribution in [2.45, 2.75) is 38.5 Å². The Labute approximate surface area is 134 Å². The van der Waals surface area contributed by atoms with E-state index in [0.29, 0.717) is 5.82 Å². The number of aromatic amines is 1. The van der Waals surface area contributed by atoms with Crippen LogP contribution in [0.3, 0.4) is 0 Å². The first-order chi connectivity index (χ1) is 11.1. The number of aromatic nitrogens is 3. The van der Waals surface area contributed by atoms with Crippen LogP contribution in [0, 0.1) is 5.92 Å². The zero-order valence-electron chi connectivity index (χ0n) is 13.3. The van der Waals surface area contributed by atoms with Crippen LogP contribution in [-0.4, -0.2) is 20.7 Å². The number of nitrogens with one attached hydrogen (secondary N) is 2. The number of carbonyl (C=O) groups excluding carboxylic acids is 1. The van der Waals surface area contributed by atoms with E-state index in [4.69, 9.17) is 0 Å². The lowest BCUT2D eigenvalue weighted by Crippen LogP contribution is -2.14. The first-order valence-electron chi connectivity index (χ1n) is 8.14. The highest BCUT2D eigenvalue weighted by molar-refractivity contribution is 6.02. The minimum absolute atomic E-state index is 0.227. The number of pyridine rings is 1. The third kappa shape index (κ3) is 3.88. The molecule has 1 aliphatic rings. The van der Waals surface area contributed by atoms with Crippen LogP contribution >= 0.6 is 0 Å². The van der Waals surface area contributed by atoms with Crippen molar-refractivity contribution in [2.24, 2.45) is 13.0 Å². The first-order valence-corrected chi connectivity index (χ1v) is 8.14. The van der Waals surface area contributed by atoms with Gasteiger partial charge in [0, 0.05) is 19.3 Å². The highest BCUT2D eigenvalue weighted by Crippen LogP contribution is 2.26. The van der Waals surface area contributed by atoms with E-state index in [2.05, 4.69) is 15.4 Å². The third-order valence-corrected chi connectivity index (χ3v) is 4.45. The van der Waals surface area contributed by atoms with Crippen molar-refractivity contribution in [3.8, 4) is 0 Å². The molecule has 2 aromatic rings. The Morgan fingerprint density at radius 2 is 2.13 bits per heavy atom. The maximum atomic E-state index is 12.0. The average Bonchev–Trinajstić information content (AvgIpc) is 2.90. The fourth-order valence-electron chi connectivity index (χ4n) is 3.13. The van der Waals surface area contributed by atoms with Crippen LogP contribution in [0.25, 0.3) is 0 Å². The van der Waals surface area contributed by atoms with Gasteiger partial charge in [0.05, 0.1) is 0 Å². The van der Waals surface area contributed by atoms with Crippen LogP contribution in [0.4, 0.5) is 5.82 Å². The number of aryl methyl sites for hydroxylation is 1. The number of amides is 1. The molecule has 3 rings (SSSR count). The third-order valence-electron chi connectivity index (χ3n) is 4.45. The summed E-state index contributed by atoms with van der Waals surface area (Å²) in [4.78, 5) is 27.7. The molecule has 0 aromatic carbocycles. The Kier molecular flexibility index (Phi) is 4.60. The van der Waals surface area contributed by atoms with Crippen LogP contribution in [0.1, 0.15) is 48.2 Å². The minimum atomic E-state index is -0.366. The molecule has 1 saturated carbocycles. The molecule has 0 aliphatic heterocycles. The average molecular weight is 314 g/mol. The Morgan fingerprint density at radius 3 is 2.74 bits per heavy atom. The fraction of sp³-hybridized carbons (Fsp3) is 0.471. The first kappa shape index (κ1) is 15.5. The molecule has 0 bridgehead atoms. The number of carbonyl (C=O) groups is 1. The van der Waals surface area contributed by atoms with Crippen LogP contribution in [0.2, 0.25) is 0 Å². The molecule has 1 amide bonds. The summed E-state index contributed by atoms with van der Waals surface area (Å²) in [6, 6.07) is 5.11. The normalized spacial score (nSPS) is 15.5. The van der Waals surface area contributed by atoms with Gasteiger partial charge in [-0.25, -0.2) is 4.98 Å². The number of hydrogen-bond donors (Lipinski definition) is 2. The van der Waals surface area contributed by atoms with E-state index in [9.17, 15) is 9.59 Å². The Balaban J connectivity index is 1.60. The zero-order chi connectivity index (χ0) is 16.2. The maximum Gasteiger partial charge on any atom is 0.274 e. The highest BCUT2D eigenvalue weighted by Gasteiger charge is 2.14. The van der Waals surface area contributed by atoms with E-state index in [0.717, 1.165) is 12.3 Å². The van der Waals surface area contributed by atoms with Gasteiger partial charge in [-0.2, -0.15) is 0 Å². The molecule has 0 unspecified atom stereocenters. The second-order valence-electron chi connectivity index (χ2n) is 6.28. The zero-order valence-corrected chi connectivity index (χ0v) is 13.3. The lowest BCUT2D eigenvalue weighted by molar-refractivity contribution is 0.102. The second kappa shape index (κ2) is 6.81. The Morgan fingerprint density at radius 1 is 1.35 bits per heavy atom. The number of H-pyrrole nitrogens is 1. The van der Waals surface area contributed by atoms with Gasteiger partial charge in [0.1, 0.15) is 11.5 Å². The standard InChI is InChI=1S/C17H22N4O2/c1-21-16(22)10-14(20-21)17(23)19-15-8-7-13(11-18-15)9-12-5-3-2-4-6-12/h7-8,10-12,20H,2-6,9H2,1H3,(H,18,19,23). The van der Waals surface area contributed by atoms with Crippen molar-refractivity contribution in [3.05, 3.63) is 46.0 Å². The lowest BCUT2D eigenvalue weighted by Gasteiger charge is -2.21. The molecule has 23 heavy (non-hydrogen) atoms. The van der Waals surface area contributed by atoms with Gasteiger partial charge in [0.2, 0.25) is 0 Å². The van der Waals surface area contributed by atoms with Crippen molar-refractivity contribution in [2.75, 3.05) is 5.32 Å². The predicted octanol–water partition coefficient (Wildman–Crippen LogP) is 2.48. The summed E-state index contributed by atoms with van der Waals surface area (Å²) >= 11 is 0. The molecule has 2 aromatic heterocycles. The minimum Gasteiger partial charge on any atom is -0.305 e. The molecule has 2 heterocycles. The second-order valence-corrected chi connectivity index (χ2v) is 6.28. The van der Waals surface area contributed by atoms with Gasteiger partial charge in [0.15, 0.2) is 0 Å².